The van der Waals surface area contributed by atoms with Crippen molar-refractivity contribution in [2.24, 2.45) is 5.92 Å². The molecule has 0 spiro atoms. The summed E-state index contributed by atoms with van der Waals surface area (Å²) in [5.41, 5.74) is 0.901. The summed E-state index contributed by atoms with van der Waals surface area (Å²) in [7, 11) is 0. The first-order valence-corrected chi connectivity index (χ1v) is 9.96. The summed E-state index contributed by atoms with van der Waals surface area (Å²) in [6.45, 7) is 5.39. The molecule has 4 rings (SSSR count). The van der Waals surface area contributed by atoms with Crippen LogP contribution in [0.15, 0.2) is 23.0 Å². The van der Waals surface area contributed by atoms with Crippen LogP contribution in [0.2, 0.25) is 0 Å². The molecule has 0 saturated carbocycles. The van der Waals surface area contributed by atoms with Gasteiger partial charge in [-0.1, -0.05) is 4.49 Å². The van der Waals surface area contributed by atoms with Crippen molar-refractivity contribution in [3.8, 4) is 0 Å². The Morgan fingerprint density at radius 2 is 2.04 bits per heavy atom. The van der Waals surface area contributed by atoms with Crippen molar-refractivity contribution < 1.29 is 9.18 Å². The van der Waals surface area contributed by atoms with Crippen LogP contribution in [0, 0.1) is 25.6 Å². The molecule has 28 heavy (non-hydrogen) atoms. The maximum Gasteiger partial charge on any atom is 0.267 e. The minimum Gasteiger partial charge on any atom is -0.338 e. The van der Waals surface area contributed by atoms with Gasteiger partial charge in [-0.25, -0.2) is 9.37 Å². The molecule has 0 aliphatic carbocycles. The molecule has 3 heterocycles. The van der Waals surface area contributed by atoms with Gasteiger partial charge in [0, 0.05) is 25.7 Å². The summed E-state index contributed by atoms with van der Waals surface area (Å²) in [4.78, 5) is 32.2. The number of likely N-dealkylation sites (tertiary alicyclic amines) is 1. The Bertz CT molecular complexity index is 1100. The molecule has 0 unspecified atom stereocenters. The lowest BCUT2D eigenvalue weighted by Crippen LogP contribution is -2.40. The van der Waals surface area contributed by atoms with E-state index in [1.54, 1.807) is 18.4 Å². The lowest BCUT2D eigenvalue weighted by atomic mass is 9.96. The predicted octanol–water partition coefficient (Wildman–Crippen LogP) is 2.56. The van der Waals surface area contributed by atoms with Crippen molar-refractivity contribution in [3.05, 3.63) is 50.8 Å². The molecule has 0 N–H and O–H groups in total. The normalized spacial score (nSPS) is 15.3. The molecule has 1 amide bonds. The van der Waals surface area contributed by atoms with Gasteiger partial charge < -0.3 is 4.90 Å². The summed E-state index contributed by atoms with van der Waals surface area (Å²) >= 11 is 1.13. The second-order valence-electron chi connectivity index (χ2n) is 7.16. The first-order chi connectivity index (χ1) is 13.4. The van der Waals surface area contributed by atoms with Crippen LogP contribution < -0.4 is 5.56 Å². The fourth-order valence-corrected chi connectivity index (χ4v) is 4.29. The molecule has 7 nitrogen and oxygen atoms in total. The van der Waals surface area contributed by atoms with Crippen LogP contribution in [0.3, 0.4) is 0 Å². The Balaban J connectivity index is 1.48. The van der Waals surface area contributed by atoms with Gasteiger partial charge in [-0.15, -0.1) is 5.10 Å². The molecule has 0 radical (unpaired) electrons. The van der Waals surface area contributed by atoms with Gasteiger partial charge in [0.25, 0.3) is 11.5 Å². The first-order valence-electron chi connectivity index (χ1n) is 9.19. The number of fused-ring (bicyclic) bond motifs is 1. The molecule has 1 aliphatic rings. The molecule has 1 fully saturated rings. The quantitative estimate of drug-likeness (QED) is 0.674. The monoisotopic (exact) mass is 401 g/mol. The van der Waals surface area contributed by atoms with Gasteiger partial charge in [-0.3, -0.25) is 14.2 Å². The Morgan fingerprint density at radius 3 is 2.71 bits per heavy atom. The zero-order valence-corrected chi connectivity index (χ0v) is 16.5. The van der Waals surface area contributed by atoms with Crippen LogP contribution in [0.5, 0.6) is 0 Å². The third kappa shape index (κ3) is 3.42. The van der Waals surface area contributed by atoms with E-state index in [0.717, 1.165) is 24.4 Å². The van der Waals surface area contributed by atoms with Crippen LogP contribution in [0.1, 0.15) is 34.0 Å². The zero-order chi connectivity index (χ0) is 19.8. The fraction of sp³-hybridized carbons (Fsp3) is 0.421. The topological polar surface area (TPSA) is 81.0 Å². The number of piperidine rings is 1. The van der Waals surface area contributed by atoms with E-state index in [4.69, 9.17) is 0 Å². The van der Waals surface area contributed by atoms with E-state index < -0.39 is 5.82 Å². The van der Waals surface area contributed by atoms with Crippen molar-refractivity contribution in [2.45, 2.75) is 33.2 Å². The maximum atomic E-state index is 13.4. The van der Waals surface area contributed by atoms with E-state index in [2.05, 4.69) is 14.6 Å². The van der Waals surface area contributed by atoms with Gasteiger partial charge in [-0.2, -0.15) is 0 Å². The average Bonchev–Trinajstić information content (AvgIpc) is 3.10. The number of carbonyl (C=O) groups excluding carboxylic acids is 1. The van der Waals surface area contributed by atoms with E-state index in [-0.39, 0.29) is 17.4 Å². The van der Waals surface area contributed by atoms with Gasteiger partial charge in [0.1, 0.15) is 16.5 Å². The number of hydrogen-bond donors (Lipinski definition) is 0. The molecule has 2 aromatic heterocycles. The maximum absolute atomic E-state index is 13.4. The van der Waals surface area contributed by atoms with E-state index in [1.165, 1.54) is 18.2 Å². The molecule has 0 atom stereocenters. The summed E-state index contributed by atoms with van der Waals surface area (Å²) in [6, 6.07) is 4.06. The highest BCUT2D eigenvalue weighted by Gasteiger charge is 2.27. The summed E-state index contributed by atoms with van der Waals surface area (Å²) in [5.74, 6) is 0.433. The Kier molecular flexibility index (Phi) is 4.92. The number of halogens is 1. The molecule has 1 aromatic carbocycles. The van der Waals surface area contributed by atoms with Crippen molar-refractivity contribution >= 4 is 28.3 Å². The molecular weight excluding hydrogens is 381 g/mol. The third-order valence-corrected chi connectivity index (χ3v) is 6.11. The highest BCUT2D eigenvalue weighted by molar-refractivity contribution is 7.07. The highest BCUT2D eigenvalue weighted by atomic mass is 32.1. The van der Waals surface area contributed by atoms with Crippen LogP contribution in [0.4, 0.5) is 4.39 Å². The smallest absolute Gasteiger partial charge is 0.267 e. The number of amides is 1. The minimum absolute atomic E-state index is 0.0197. The minimum atomic E-state index is -0.403. The number of benzene rings is 1. The number of aryl methyl sites for hydroxylation is 2. The third-order valence-electron chi connectivity index (χ3n) is 5.30. The Labute approximate surface area is 165 Å². The number of carbonyl (C=O) groups is 1. The lowest BCUT2D eigenvalue weighted by Gasteiger charge is -2.32. The summed E-state index contributed by atoms with van der Waals surface area (Å²) in [6.07, 6.45) is 1.62. The fourth-order valence-electron chi connectivity index (χ4n) is 3.67. The first kappa shape index (κ1) is 18.7. The van der Waals surface area contributed by atoms with E-state index in [1.807, 2.05) is 4.90 Å². The number of aromatic nitrogens is 4. The van der Waals surface area contributed by atoms with Gasteiger partial charge in [-0.05, 0) is 56.3 Å². The van der Waals surface area contributed by atoms with Crippen LogP contribution in [0.25, 0.3) is 10.9 Å². The average molecular weight is 401 g/mol. The number of hydrogen-bond acceptors (Lipinski definition) is 6. The van der Waals surface area contributed by atoms with E-state index in [9.17, 15) is 14.0 Å². The summed E-state index contributed by atoms with van der Waals surface area (Å²) < 4.78 is 18.9. The van der Waals surface area contributed by atoms with Crippen LogP contribution in [-0.4, -0.2) is 43.0 Å². The van der Waals surface area contributed by atoms with Crippen LogP contribution in [-0.2, 0) is 6.54 Å². The second kappa shape index (κ2) is 7.38. The number of nitrogens with zero attached hydrogens (tertiary/aromatic N) is 5. The van der Waals surface area contributed by atoms with Crippen molar-refractivity contribution in [2.75, 3.05) is 13.1 Å². The molecule has 1 saturated heterocycles. The van der Waals surface area contributed by atoms with Crippen molar-refractivity contribution in [1.29, 1.82) is 0 Å². The molecule has 0 bridgehead atoms. The SMILES string of the molecule is Cc1nnsc1C(=O)N1CCC(Cn2c(C)nc3cc(F)ccc3c2=O)CC1. The molecule has 9 heteroatoms. The van der Waals surface area contributed by atoms with Gasteiger partial charge in [0.05, 0.1) is 16.6 Å². The zero-order valence-electron chi connectivity index (χ0n) is 15.7. The second-order valence-corrected chi connectivity index (χ2v) is 7.91. The summed E-state index contributed by atoms with van der Waals surface area (Å²) in [5, 5.41) is 4.33. The standard InChI is InChI=1S/C19H20FN5O2S/c1-11-17(28-23-22-11)19(27)24-7-5-13(6-8-24)10-25-12(2)21-16-9-14(20)3-4-15(16)18(25)26/h3-4,9,13H,5-8,10H2,1-2H3. The van der Waals surface area contributed by atoms with Gasteiger partial charge in [0.2, 0.25) is 0 Å². The van der Waals surface area contributed by atoms with Crippen molar-refractivity contribution in [3.63, 3.8) is 0 Å². The van der Waals surface area contributed by atoms with Gasteiger partial charge in [0.15, 0.2) is 0 Å². The number of rotatable bonds is 3. The molecule has 3 aromatic rings. The molecule has 146 valence electrons. The predicted molar refractivity (Wildman–Crippen MR) is 104 cm³/mol. The Hall–Kier alpha value is -2.68. The highest BCUT2D eigenvalue weighted by Crippen LogP contribution is 2.22. The van der Waals surface area contributed by atoms with Crippen LogP contribution >= 0.6 is 11.5 Å². The van der Waals surface area contributed by atoms with Gasteiger partial charge >= 0.3 is 0 Å². The van der Waals surface area contributed by atoms with E-state index >= 15 is 0 Å². The Morgan fingerprint density at radius 1 is 1.29 bits per heavy atom. The molecule has 1 aliphatic heterocycles. The molecular formula is C19H20FN5O2S. The lowest BCUT2D eigenvalue weighted by molar-refractivity contribution is 0.0686. The largest absolute Gasteiger partial charge is 0.338 e. The van der Waals surface area contributed by atoms with Crippen molar-refractivity contribution in [1.82, 2.24) is 24.0 Å². The van der Waals surface area contributed by atoms with E-state index in [0.29, 0.717) is 46.9 Å².